The van der Waals surface area contributed by atoms with E-state index in [4.69, 9.17) is 0 Å². The maximum atomic E-state index is 12.2. The number of ether oxygens (including phenoxy) is 1. The van der Waals surface area contributed by atoms with E-state index in [1.807, 2.05) is 6.92 Å². The summed E-state index contributed by atoms with van der Waals surface area (Å²) in [6, 6.07) is 5.60. The lowest BCUT2D eigenvalue weighted by molar-refractivity contribution is -0.385. The summed E-state index contributed by atoms with van der Waals surface area (Å²) in [5.74, 6) is -1.26. The van der Waals surface area contributed by atoms with Gasteiger partial charge in [0, 0.05) is 10.9 Å². The fourth-order valence-corrected chi connectivity index (χ4v) is 2.77. The molecule has 0 spiro atoms. The Bertz CT molecular complexity index is 772. The minimum Gasteiger partial charge on any atom is -0.464 e. The number of carbonyl (C=O) groups excluding carboxylic acids is 2. The van der Waals surface area contributed by atoms with Crippen molar-refractivity contribution >= 4 is 34.0 Å². The number of anilines is 1. The number of aryl methyl sites for hydroxylation is 1. The van der Waals surface area contributed by atoms with Gasteiger partial charge in [0.05, 0.1) is 12.0 Å². The van der Waals surface area contributed by atoms with Crippen molar-refractivity contribution in [2.24, 2.45) is 0 Å². The maximum Gasteiger partial charge on any atom is 0.357 e. The number of esters is 1. The molecule has 2 aromatic rings. The number of hydrogen-bond acceptors (Lipinski definition) is 7. The number of nitro benzene ring substituents is 1. The van der Waals surface area contributed by atoms with Crippen LogP contribution in [-0.2, 0) is 11.2 Å². The van der Waals surface area contributed by atoms with E-state index in [1.165, 1.54) is 31.4 Å². The van der Waals surface area contributed by atoms with Crippen molar-refractivity contribution in [2.75, 3.05) is 12.4 Å². The highest BCUT2D eigenvalue weighted by molar-refractivity contribution is 7.16. The van der Waals surface area contributed by atoms with E-state index in [0.717, 1.165) is 11.3 Å². The van der Waals surface area contributed by atoms with Crippen molar-refractivity contribution in [3.05, 3.63) is 50.5 Å². The highest BCUT2D eigenvalue weighted by atomic mass is 32.1. The SMILES string of the molecule is CCc1sc(NC(=O)c2ccccc2[N+](=O)[O-])nc1C(=O)OC. The third kappa shape index (κ3) is 3.51. The molecule has 2 rings (SSSR count). The third-order valence-electron chi connectivity index (χ3n) is 2.96. The van der Waals surface area contributed by atoms with Crippen LogP contribution in [0.1, 0.15) is 32.6 Å². The number of para-hydroxylation sites is 1. The second kappa shape index (κ2) is 6.97. The number of nitrogens with zero attached hydrogens (tertiary/aromatic N) is 2. The Balaban J connectivity index is 2.29. The molecule has 1 aromatic carbocycles. The molecule has 0 aliphatic rings. The molecule has 1 amide bonds. The number of thiazole rings is 1. The normalized spacial score (nSPS) is 10.2. The fourth-order valence-electron chi connectivity index (χ4n) is 1.89. The lowest BCUT2D eigenvalue weighted by Gasteiger charge is -2.02. The highest BCUT2D eigenvalue weighted by Crippen LogP contribution is 2.26. The van der Waals surface area contributed by atoms with E-state index >= 15 is 0 Å². The molecule has 0 unspecified atom stereocenters. The van der Waals surface area contributed by atoms with E-state index in [9.17, 15) is 19.7 Å². The van der Waals surface area contributed by atoms with Gasteiger partial charge in [0.1, 0.15) is 5.56 Å². The molecule has 9 heteroatoms. The molecule has 0 saturated carbocycles. The van der Waals surface area contributed by atoms with Crippen LogP contribution in [0.15, 0.2) is 24.3 Å². The molecule has 0 aliphatic heterocycles. The van der Waals surface area contributed by atoms with Gasteiger partial charge in [-0.2, -0.15) is 0 Å². The van der Waals surface area contributed by atoms with Crippen LogP contribution in [0.2, 0.25) is 0 Å². The van der Waals surface area contributed by atoms with Gasteiger partial charge in [0.15, 0.2) is 10.8 Å². The van der Waals surface area contributed by atoms with Crippen LogP contribution in [0, 0.1) is 10.1 Å². The topological polar surface area (TPSA) is 111 Å². The van der Waals surface area contributed by atoms with Gasteiger partial charge in [-0.25, -0.2) is 9.78 Å². The zero-order chi connectivity index (χ0) is 17.0. The lowest BCUT2D eigenvalue weighted by Crippen LogP contribution is -2.14. The Morgan fingerprint density at radius 3 is 2.70 bits per heavy atom. The minimum atomic E-state index is -0.662. The van der Waals surface area contributed by atoms with E-state index in [2.05, 4.69) is 15.0 Å². The van der Waals surface area contributed by atoms with Crippen molar-refractivity contribution in [3.8, 4) is 0 Å². The minimum absolute atomic E-state index is 0.0784. The van der Waals surface area contributed by atoms with Crippen molar-refractivity contribution < 1.29 is 19.2 Å². The Hall–Kier alpha value is -2.81. The third-order valence-corrected chi connectivity index (χ3v) is 4.08. The average Bonchev–Trinajstić information content (AvgIpc) is 2.96. The number of nitro groups is 1. The number of methoxy groups -OCH3 is 1. The van der Waals surface area contributed by atoms with Crippen molar-refractivity contribution in [3.63, 3.8) is 0 Å². The summed E-state index contributed by atoms with van der Waals surface area (Å²) < 4.78 is 4.64. The van der Waals surface area contributed by atoms with Gasteiger partial charge in [-0.1, -0.05) is 19.1 Å². The van der Waals surface area contributed by atoms with Crippen LogP contribution in [0.3, 0.4) is 0 Å². The summed E-state index contributed by atoms with van der Waals surface area (Å²) in [6.45, 7) is 1.84. The smallest absolute Gasteiger partial charge is 0.357 e. The molecular weight excluding hydrogens is 322 g/mol. The second-order valence-corrected chi connectivity index (χ2v) is 5.45. The molecule has 0 bridgehead atoms. The summed E-state index contributed by atoms with van der Waals surface area (Å²) in [7, 11) is 1.24. The van der Waals surface area contributed by atoms with Crippen molar-refractivity contribution in [1.29, 1.82) is 0 Å². The monoisotopic (exact) mass is 335 g/mol. The average molecular weight is 335 g/mol. The first-order chi connectivity index (χ1) is 11.0. The first kappa shape index (κ1) is 16.6. The second-order valence-electron chi connectivity index (χ2n) is 4.36. The van der Waals surface area contributed by atoms with E-state index < -0.39 is 16.8 Å². The highest BCUT2D eigenvalue weighted by Gasteiger charge is 2.22. The summed E-state index contributed by atoms with van der Waals surface area (Å²) >= 11 is 1.13. The quantitative estimate of drug-likeness (QED) is 0.511. The van der Waals surface area contributed by atoms with E-state index in [0.29, 0.717) is 11.3 Å². The molecule has 1 N–H and O–H groups in total. The number of rotatable bonds is 5. The number of carbonyl (C=O) groups is 2. The van der Waals surface area contributed by atoms with Gasteiger partial charge >= 0.3 is 5.97 Å². The number of benzene rings is 1. The van der Waals surface area contributed by atoms with Gasteiger partial charge in [-0.3, -0.25) is 20.2 Å². The van der Waals surface area contributed by atoms with Crippen LogP contribution in [0.5, 0.6) is 0 Å². The Morgan fingerprint density at radius 2 is 2.09 bits per heavy atom. The Kier molecular flexibility index (Phi) is 5.02. The van der Waals surface area contributed by atoms with Crippen LogP contribution in [0.4, 0.5) is 10.8 Å². The summed E-state index contributed by atoms with van der Waals surface area (Å²) in [4.78, 5) is 38.9. The predicted molar refractivity (Wildman–Crippen MR) is 83.9 cm³/mol. The van der Waals surface area contributed by atoms with Crippen LogP contribution < -0.4 is 5.32 Å². The summed E-state index contributed by atoms with van der Waals surface area (Å²) in [6.07, 6.45) is 0.545. The van der Waals surface area contributed by atoms with Gasteiger partial charge in [-0.15, -0.1) is 11.3 Å². The number of amides is 1. The number of nitrogens with one attached hydrogen (secondary N) is 1. The van der Waals surface area contributed by atoms with Crippen molar-refractivity contribution in [1.82, 2.24) is 4.98 Å². The Labute approximate surface area is 135 Å². The molecule has 120 valence electrons. The molecule has 0 atom stereocenters. The molecule has 8 nitrogen and oxygen atoms in total. The van der Waals surface area contributed by atoms with Gasteiger partial charge in [-0.05, 0) is 12.5 Å². The zero-order valence-corrected chi connectivity index (χ0v) is 13.2. The standard InChI is InChI=1S/C14H13N3O5S/c1-3-10-11(13(19)22-2)15-14(23-10)16-12(18)8-6-4-5-7-9(8)17(20)21/h4-7H,3H2,1-2H3,(H,15,16,18). The maximum absolute atomic E-state index is 12.2. The van der Waals surface area contributed by atoms with E-state index in [-0.39, 0.29) is 22.1 Å². The zero-order valence-electron chi connectivity index (χ0n) is 12.4. The van der Waals surface area contributed by atoms with Crippen LogP contribution in [-0.4, -0.2) is 28.9 Å². The molecule has 0 aliphatic carbocycles. The van der Waals surface area contributed by atoms with Crippen LogP contribution >= 0.6 is 11.3 Å². The molecule has 1 heterocycles. The molecule has 1 aromatic heterocycles. The summed E-state index contributed by atoms with van der Waals surface area (Å²) in [5, 5.41) is 13.6. The predicted octanol–water partition coefficient (Wildman–Crippen LogP) is 2.65. The van der Waals surface area contributed by atoms with E-state index in [1.54, 1.807) is 0 Å². The first-order valence-electron chi connectivity index (χ1n) is 6.60. The van der Waals surface area contributed by atoms with Gasteiger partial charge in [0.25, 0.3) is 11.6 Å². The summed E-state index contributed by atoms with van der Waals surface area (Å²) in [5.41, 5.74) is -0.242. The molecular formula is C14H13N3O5S. The molecule has 0 radical (unpaired) electrons. The molecule has 0 saturated heterocycles. The first-order valence-corrected chi connectivity index (χ1v) is 7.42. The fraction of sp³-hybridized carbons (Fsp3) is 0.214. The Morgan fingerprint density at radius 1 is 1.39 bits per heavy atom. The molecule has 23 heavy (non-hydrogen) atoms. The number of hydrogen-bond donors (Lipinski definition) is 1. The van der Waals surface area contributed by atoms with Crippen LogP contribution in [0.25, 0.3) is 0 Å². The van der Waals surface area contributed by atoms with Gasteiger partial charge in [0.2, 0.25) is 0 Å². The number of aromatic nitrogens is 1. The van der Waals surface area contributed by atoms with Crippen molar-refractivity contribution in [2.45, 2.75) is 13.3 Å². The largest absolute Gasteiger partial charge is 0.464 e. The lowest BCUT2D eigenvalue weighted by atomic mass is 10.1. The molecule has 0 fully saturated rings. The van der Waals surface area contributed by atoms with Gasteiger partial charge < -0.3 is 4.74 Å².